The number of hydrogen-bond donors (Lipinski definition) is 0. The lowest BCUT2D eigenvalue weighted by Gasteiger charge is -2.24. The molecule has 80 valence electrons. The molecule has 0 saturated carbocycles. The molecular weight excluding hydrogens is 196 g/mol. The summed E-state index contributed by atoms with van der Waals surface area (Å²) < 4.78 is 1.89. The van der Waals surface area contributed by atoms with E-state index in [-0.39, 0.29) is 5.41 Å². The molecule has 14 heavy (non-hydrogen) atoms. The Balaban J connectivity index is 2.85. The molecular formula is C11H19ClN2. The van der Waals surface area contributed by atoms with Crippen LogP contribution in [-0.2, 0) is 12.5 Å². The van der Waals surface area contributed by atoms with Crippen LogP contribution in [0, 0.1) is 0 Å². The van der Waals surface area contributed by atoms with Gasteiger partial charge in [-0.3, -0.25) is 4.68 Å². The van der Waals surface area contributed by atoms with Crippen LogP contribution in [0.2, 0.25) is 5.15 Å². The Hall–Kier alpha value is -0.500. The first kappa shape index (κ1) is 11.6. The molecule has 1 aromatic rings. The summed E-state index contributed by atoms with van der Waals surface area (Å²) in [6.07, 6.45) is 3.66. The fraction of sp³-hybridized carbons (Fsp3) is 0.727. The van der Waals surface area contributed by atoms with Crippen molar-refractivity contribution >= 4 is 11.6 Å². The normalized spacial score (nSPS) is 12.1. The fourth-order valence-electron chi connectivity index (χ4n) is 1.81. The molecule has 0 aromatic carbocycles. The zero-order valence-corrected chi connectivity index (χ0v) is 10.2. The van der Waals surface area contributed by atoms with E-state index in [1.165, 1.54) is 25.0 Å². The van der Waals surface area contributed by atoms with Gasteiger partial charge in [0.2, 0.25) is 0 Å². The van der Waals surface area contributed by atoms with Crippen molar-refractivity contribution in [3.63, 3.8) is 0 Å². The summed E-state index contributed by atoms with van der Waals surface area (Å²) in [7, 11) is 1.95. The lowest BCUT2D eigenvalue weighted by Crippen LogP contribution is -2.20. The molecule has 0 amide bonds. The number of aryl methyl sites for hydroxylation is 1. The Labute approximate surface area is 91.3 Å². The Morgan fingerprint density at radius 1 is 1.50 bits per heavy atom. The first-order chi connectivity index (χ1) is 6.47. The van der Waals surface area contributed by atoms with Gasteiger partial charge >= 0.3 is 0 Å². The molecule has 0 radical (unpaired) electrons. The molecule has 1 heterocycles. The van der Waals surface area contributed by atoms with Gasteiger partial charge in [-0.05, 0) is 12.5 Å². The van der Waals surface area contributed by atoms with Crippen LogP contribution in [0.4, 0.5) is 0 Å². The van der Waals surface area contributed by atoms with Crippen molar-refractivity contribution in [3.05, 3.63) is 16.9 Å². The minimum absolute atomic E-state index is 0.172. The summed E-state index contributed by atoms with van der Waals surface area (Å²) in [6, 6.07) is 1.97. The topological polar surface area (TPSA) is 17.8 Å². The van der Waals surface area contributed by atoms with Gasteiger partial charge in [0.15, 0.2) is 5.15 Å². The second-order valence-corrected chi connectivity index (χ2v) is 4.85. The number of halogens is 1. The highest BCUT2D eigenvalue weighted by Crippen LogP contribution is 2.29. The van der Waals surface area contributed by atoms with E-state index in [2.05, 4.69) is 25.9 Å². The molecule has 0 saturated heterocycles. The number of aromatic nitrogens is 2. The Morgan fingerprint density at radius 2 is 2.14 bits per heavy atom. The van der Waals surface area contributed by atoms with E-state index in [0.717, 1.165) is 0 Å². The Morgan fingerprint density at radius 3 is 2.57 bits per heavy atom. The van der Waals surface area contributed by atoms with Gasteiger partial charge in [-0.1, -0.05) is 45.2 Å². The average molecular weight is 215 g/mol. The molecule has 3 heteroatoms. The summed E-state index contributed by atoms with van der Waals surface area (Å²) in [5, 5.41) is 4.76. The molecule has 0 aliphatic rings. The zero-order chi connectivity index (χ0) is 10.8. The van der Waals surface area contributed by atoms with Crippen LogP contribution in [0.25, 0.3) is 0 Å². The highest BCUT2D eigenvalue weighted by molar-refractivity contribution is 6.29. The van der Waals surface area contributed by atoms with Crippen LogP contribution in [0.5, 0.6) is 0 Å². The quantitative estimate of drug-likeness (QED) is 0.750. The molecule has 0 aliphatic carbocycles. The summed E-state index contributed by atoms with van der Waals surface area (Å²) in [5.74, 6) is 0. The predicted octanol–water partition coefficient (Wildman–Crippen LogP) is 3.54. The number of hydrogen-bond acceptors (Lipinski definition) is 1. The first-order valence-corrected chi connectivity index (χ1v) is 5.55. The maximum absolute atomic E-state index is 5.87. The number of nitrogens with zero attached hydrogens (tertiary/aromatic N) is 2. The van der Waals surface area contributed by atoms with Gasteiger partial charge in [0.05, 0.1) is 0 Å². The molecule has 0 fully saturated rings. The summed E-state index contributed by atoms with van der Waals surface area (Å²) >= 11 is 5.87. The SMILES string of the molecule is CCCCC(C)(C)c1cc(Cl)nn1C. The Kier molecular flexibility index (Phi) is 3.59. The molecule has 0 N–H and O–H groups in total. The van der Waals surface area contributed by atoms with E-state index in [0.29, 0.717) is 5.15 Å². The van der Waals surface area contributed by atoms with E-state index in [1.54, 1.807) is 0 Å². The lowest BCUT2D eigenvalue weighted by molar-refractivity contribution is 0.424. The van der Waals surface area contributed by atoms with Gasteiger partial charge in [-0.25, -0.2) is 0 Å². The highest BCUT2D eigenvalue weighted by Gasteiger charge is 2.23. The van der Waals surface area contributed by atoms with E-state index in [4.69, 9.17) is 11.6 Å². The number of rotatable bonds is 4. The van der Waals surface area contributed by atoms with Crippen LogP contribution >= 0.6 is 11.6 Å². The van der Waals surface area contributed by atoms with Crippen LogP contribution in [0.15, 0.2) is 6.07 Å². The smallest absolute Gasteiger partial charge is 0.151 e. The van der Waals surface area contributed by atoms with Crippen molar-refractivity contribution in [1.29, 1.82) is 0 Å². The monoisotopic (exact) mass is 214 g/mol. The maximum atomic E-state index is 5.87. The maximum Gasteiger partial charge on any atom is 0.151 e. The van der Waals surface area contributed by atoms with Crippen molar-refractivity contribution in [2.75, 3.05) is 0 Å². The predicted molar refractivity (Wildman–Crippen MR) is 60.8 cm³/mol. The summed E-state index contributed by atoms with van der Waals surface area (Å²) in [6.45, 7) is 6.71. The largest absolute Gasteiger partial charge is 0.271 e. The highest BCUT2D eigenvalue weighted by atomic mass is 35.5. The molecule has 0 aliphatic heterocycles. The van der Waals surface area contributed by atoms with Gasteiger partial charge in [-0.2, -0.15) is 5.10 Å². The molecule has 0 spiro atoms. The standard InChI is InChI=1S/C11H19ClN2/c1-5-6-7-11(2,3)9-8-10(12)13-14(9)4/h8H,5-7H2,1-4H3. The zero-order valence-electron chi connectivity index (χ0n) is 9.47. The van der Waals surface area contributed by atoms with E-state index >= 15 is 0 Å². The van der Waals surface area contributed by atoms with E-state index < -0.39 is 0 Å². The third-order valence-corrected chi connectivity index (χ3v) is 2.88. The van der Waals surface area contributed by atoms with Gasteiger partial charge in [0.1, 0.15) is 0 Å². The molecule has 1 rings (SSSR count). The second-order valence-electron chi connectivity index (χ2n) is 4.46. The molecule has 0 unspecified atom stereocenters. The van der Waals surface area contributed by atoms with Crippen LogP contribution < -0.4 is 0 Å². The van der Waals surface area contributed by atoms with Crippen LogP contribution in [0.1, 0.15) is 45.7 Å². The molecule has 0 atom stereocenters. The van der Waals surface area contributed by atoms with Crippen molar-refractivity contribution < 1.29 is 0 Å². The first-order valence-electron chi connectivity index (χ1n) is 5.17. The third kappa shape index (κ3) is 2.50. The van der Waals surface area contributed by atoms with Gasteiger partial charge in [0.25, 0.3) is 0 Å². The third-order valence-electron chi connectivity index (χ3n) is 2.70. The van der Waals surface area contributed by atoms with Crippen LogP contribution in [-0.4, -0.2) is 9.78 Å². The number of unbranched alkanes of at least 4 members (excludes halogenated alkanes) is 1. The van der Waals surface area contributed by atoms with Gasteiger partial charge < -0.3 is 0 Å². The average Bonchev–Trinajstić information content (AvgIpc) is 2.42. The minimum Gasteiger partial charge on any atom is -0.271 e. The van der Waals surface area contributed by atoms with Crippen molar-refractivity contribution in [3.8, 4) is 0 Å². The fourth-order valence-corrected chi connectivity index (χ4v) is 2.03. The lowest BCUT2D eigenvalue weighted by atomic mass is 9.84. The van der Waals surface area contributed by atoms with E-state index in [9.17, 15) is 0 Å². The van der Waals surface area contributed by atoms with Crippen molar-refractivity contribution in [2.24, 2.45) is 7.05 Å². The molecule has 1 aromatic heterocycles. The summed E-state index contributed by atoms with van der Waals surface area (Å²) in [4.78, 5) is 0. The van der Waals surface area contributed by atoms with E-state index in [1.807, 2.05) is 17.8 Å². The second kappa shape index (κ2) is 4.35. The molecule has 2 nitrogen and oxygen atoms in total. The summed E-state index contributed by atoms with van der Waals surface area (Å²) in [5.41, 5.74) is 1.39. The van der Waals surface area contributed by atoms with Crippen molar-refractivity contribution in [2.45, 2.75) is 45.4 Å². The van der Waals surface area contributed by atoms with Crippen molar-refractivity contribution in [1.82, 2.24) is 9.78 Å². The van der Waals surface area contributed by atoms with Crippen LogP contribution in [0.3, 0.4) is 0 Å². The minimum atomic E-state index is 0.172. The molecule has 0 bridgehead atoms. The van der Waals surface area contributed by atoms with Gasteiger partial charge in [-0.15, -0.1) is 0 Å². The Bertz CT molecular complexity index is 302. The van der Waals surface area contributed by atoms with Gasteiger partial charge in [0, 0.05) is 18.2 Å².